The quantitative estimate of drug-likeness (QED) is 0.620. The van der Waals surface area contributed by atoms with Gasteiger partial charge in [-0.1, -0.05) is 32.0 Å². The van der Waals surface area contributed by atoms with Gasteiger partial charge in [0.05, 0.1) is 6.33 Å². The largest absolute Gasteiger partial charge is 0.480 e. The van der Waals surface area contributed by atoms with Gasteiger partial charge in [-0.25, -0.2) is 14.6 Å². The van der Waals surface area contributed by atoms with Crippen LogP contribution in [0, 0.1) is 5.92 Å². The number of unbranched alkanes of at least 4 members (excludes halogenated alkanes) is 1. The van der Waals surface area contributed by atoms with E-state index in [4.69, 9.17) is 0 Å². The molecule has 7 heteroatoms. The lowest BCUT2D eigenvalue weighted by molar-refractivity contribution is -0.143. The molecular weight excluding hydrogens is 346 g/mol. The first-order valence-corrected chi connectivity index (χ1v) is 9.19. The fourth-order valence-corrected chi connectivity index (χ4v) is 3.11. The fourth-order valence-electron chi connectivity index (χ4n) is 3.11. The number of imidazole rings is 1. The third kappa shape index (κ3) is 5.84. The Morgan fingerprint density at radius 1 is 1.15 bits per heavy atom. The highest BCUT2D eigenvalue weighted by molar-refractivity contribution is 5.79. The van der Waals surface area contributed by atoms with E-state index in [1.807, 2.05) is 48.7 Å². The van der Waals surface area contributed by atoms with Gasteiger partial charge in [0, 0.05) is 24.1 Å². The van der Waals surface area contributed by atoms with E-state index in [2.05, 4.69) is 4.98 Å². The molecule has 1 amide bonds. The van der Waals surface area contributed by atoms with E-state index in [0.29, 0.717) is 12.8 Å². The molecule has 0 spiro atoms. The van der Waals surface area contributed by atoms with Gasteiger partial charge in [0.1, 0.15) is 6.04 Å². The van der Waals surface area contributed by atoms with Gasteiger partial charge in [0.2, 0.25) is 0 Å². The van der Waals surface area contributed by atoms with Crippen LogP contribution in [0.3, 0.4) is 0 Å². The van der Waals surface area contributed by atoms with E-state index in [1.165, 1.54) is 0 Å². The van der Waals surface area contributed by atoms with Crippen LogP contribution in [0.5, 0.6) is 0 Å². The number of rotatable bonds is 10. The molecule has 2 aromatic rings. The van der Waals surface area contributed by atoms with Crippen LogP contribution in [0.25, 0.3) is 5.69 Å². The lowest BCUT2D eigenvalue weighted by atomic mass is 10.0. The molecule has 0 saturated heterocycles. The minimum atomic E-state index is -1.18. The molecular formula is C20H27N3O4. The zero-order valence-electron chi connectivity index (χ0n) is 15.8. The van der Waals surface area contributed by atoms with Crippen molar-refractivity contribution in [1.82, 2.24) is 14.5 Å². The Morgan fingerprint density at radius 2 is 1.85 bits per heavy atom. The van der Waals surface area contributed by atoms with Gasteiger partial charge in [0.25, 0.3) is 0 Å². The summed E-state index contributed by atoms with van der Waals surface area (Å²) in [4.78, 5) is 28.3. The Balaban J connectivity index is 1.94. The van der Waals surface area contributed by atoms with E-state index in [-0.39, 0.29) is 12.5 Å². The highest BCUT2D eigenvalue weighted by Crippen LogP contribution is 2.16. The Hall–Kier alpha value is -2.83. The smallest absolute Gasteiger partial charge is 0.408 e. The van der Waals surface area contributed by atoms with Crippen LogP contribution in [-0.4, -0.2) is 49.3 Å². The number of benzene rings is 1. The number of para-hydroxylation sites is 1. The van der Waals surface area contributed by atoms with Gasteiger partial charge in [-0.05, 0) is 43.7 Å². The molecule has 0 fully saturated rings. The van der Waals surface area contributed by atoms with Crippen LogP contribution in [0.4, 0.5) is 4.79 Å². The Bertz CT molecular complexity index is 743. The Morgan fingerprint density at radius 3 is 2.44 bits per heavy atom. The van der Waals surface area contributed by atoms with Crippen LogP contribution in [0.1, 0.15) is 38.8 Å². The van der Waals surface area contributed by atoms with Crippen molar-refractivity contribution in [2.45, 2.75) is 45.6 Å². The maximum Gasteiger partial charge on any atom is 0.408 e. The van der Waals surface area contributed by atoms with E-state index < -0.39 is 18.1 Å². The molecule has 2 rings (SSSR count). The molecule has 1 unspecified atom stereocenters. The predicted octanol–water partition coefficient (Wildman–Crippen LogP) is 3.67. The van der Waals surface area contributed by atoms with Crippen LogP contribution in [-0.2, 0) is 11.2 Å². The molecule has 7 nitrogen and oxygen atoms in total. The first-order valence-electron chi connectivity index (χ1n) is 9.19. The molecule has 146 valence electrons. The van der Waals surface area contributed by atoms with Gasteiger partial charge in [-0.15, -0.1) is 0 Å². The summed E-state index contributed by atoms with van der Waals surface area (Å²) in [6.07, 6.45) is 4.77. The number of aromatic nitrogens is 2. The van der Waals surface area contributed by atoms with Crippen molar-refractivity contribution < 1.29 is 19.8 Å². The molecule has 1 aromatic heterocycles. The molecule has 1 heterocycles. The number of aliphatic carboxylic acids is 1. The zero-order valence-corrected chi connectivity index (χ0v) is 15.8. The highest BCUT2D eigenvalue weighted by Gasteiger charge is 2.29. The van der Waals surface area contributed by atoms with Crippen LogP contribution >= 0.6 is 0 Å². The maximum absolute atomic E-state index is 11.5. The van der Waals surface area contributed by atoms with Gasteiger partial charge >= 0.3 is 12.1 Å². The number of nitrogens with zero attached hydrogens (tertiary/aromatic N) is 3. The summed E-state index contributed by atoms with van der Waals surface area (Å²) < 4.78 is 2.01. The second-order valence-electron chi connectivity index (χ2n) is 7.01. The lowest BCUT2D eigenvalue weighted by Gasteiger charge is -2.27. The number of carboxylic acids is 1. The standard InChI is InChI=1S/C20H27N3O4/c1-15(2)12-18(19(24)25)22(20(26)27)11-7-6-10-17-13-21-14-23(17)16-8-4-3-5-9-16/h3-5,8-9,13-15,18H,6-7,10-12H2,1-2H3,(H,24,25)(H,26,27). The first-order chi connectivity index (χ1) is 12.9. The van der Waals surface area contributed by atoms with Crippen molar-refractivity contribution in [3.8, 4) is 5.69 Å². The second kappa shape index (κ2) is 9.75. The normalized spacial score (nSPS) is 12.1. The zero-order chi connectivity index (χ0) is 19.8. The maximum atomic E-state index is 11.5. The molecule has 27 heavy (non-hydrogen) atoms. The highest BCUT2D eigenvalue weighted by atomic mass is 16.4. The molecule has 0 aliphatic heterocycles. The average molecular weight is 373 g/mol. The third-order valence-corrected chi connectivity index (χ3v) is 4.43. The first kappa shape index (κ1) is 20.5. The number of amides is 1. The number of carbonyl (C=O) groups is 2. The minimum Gasteiger partial charge on any atom is -0.480 e. The summed E-state index contributed by atoms with van der Waals surface area (Å²) in [5.41, 5.74) is 2.07. The number of hydrogen-bond donors (Lipinski definition) is 2. The van der Waals surface area contributed by atoms with Crippen LogP contribution in [0.15, 0.2) is 42.9 Å². The van der Waals surface area contributed by atoms with Crippen molar-refractivity contribution in [2.24, 2.45) is 5.92 Å². The van der Waals surface area contributed by atoms with E-state index in [1.54, 1.807) is 12.5 Å². The van der Waals surface area contributed by atoms with Crippen molar-refractivity contribution in [1.29, 1.82) is 0 Å². The monoisotopic (exact) mass is 373 g/mol. The molecule has 0 aliphatic rings. The molecule has 0 saturated carbocycles. The van der Waals surface area contributed by atoms with Crippen molar-refractivity contribution in [3.05, 3.63) is 48.5 Å². The number of carboxylic acid groups (broad SMARTS) is 2. The molecule has 1 atom stereocenters. The average Bonchev–Trinajstić information content (AvgIpc) is 3.09. The summed E-state index contributed by atoms with van der Waals surface area (Å²) in [6.45, 7) is 3.99. The van der Waals surface area contributed by atoms with Crippen molar-refractivity contribution in [2.75, 3.05) is 6.54 Å². The van der Waals surface area contributed by atoms with E-state index in [9.17, 15) is 19.8 Å². The summed E-state index contributed by atoms with van der Waals surface area (Å²) in [7, 11) is 0. The van der Waals surface area contributed by atoms with Crippen LogP contribution in [0.2, 0.25) is 0 Å². The van der Waals surface area contributed by atoms with E-state index in [0.717, 1.165) is 29.1 Å². The number of hydrogen-bond acceptors (Lipinski definition) is 3. The third-order valence-electron chi connectivity index (χ3n) is 4.43. The summed E-state index contributed by atoms with van der Waals surface area (Å²) >= 11 is 0. The molecule has 0 bridgehead atoms. The van der Waals surface area contributed by atoms with Gasteiger partial charge < -0.3 is 14.8 Å². The summed E-state index contributed by atoms with van der Waals surface area (Å²) in [5, 5.41) is 18.8. The Labute approximate surface area is 159 Å². The molecule has 2 N–H and O–H groups in total. The van der Waals surface area contributed by atoms with Gasteiger partial charge in [0.15, 0.2) is 0 Å². The topological polar surface area (TPSA) is 95.7 Å². The summed E-state index contributed by atoms with van der Waals surface area (Å²) in [5.74, 6) is -0.985. The number of aryl methyl sites for hydroxylation is 1. The van der Waals surface area contributed by atoms with Crippen molar-refractivity contribution in [3.63, 3.8) is 0 Å². The molecule has 1 aromatic carbocycles. The van der Waals surface area contributed by atoms with Crippen LogP contribution < -0.4 is 0 Å². The lowest BCUT2D eigenvalue weighted by Crippen LogP contribution is -2.45. The fraction of sp³-hybridized carbons (Fsp3) is 0.450. The predicted molar refractivity (Wildman–Crippen MR) is 102 cm³/mol. The minimum absolute atomic E-state index is 0.105. The Kier molecular flexibility index (Phi) is 7.40. The second-order valence-corrected chi connectivity index (χ2v) is 7.01. The van der Waals surface area contributed by atoms with Gasteiger partial charge in [-0.3, -0.25) is 4.90 Å². The van der Waals surface area contributed by atoms with Crippen molar-refractivity contribution >= 4 is 12.1 Å². The summed E-state index contributed by atoms with van der Waals surface area (Å²) in [6, 6.07) is 8.88. The van der Waals surface area contributed by atoms with E-state index >= 15 is 0 Å². The van der Waals surface area contributed by atoms with Gasteiger partial charge in [-0.2, -0.15) is 0 Å². The molecule has 0 radical (unpaired) electrons. The molecule has 0 aliphatic carbocycles. The SMILES string of the molecule is CC(C)CC(C(=O)O)N(CCCCc1cncn1-c1ccccc1)C(=O)O.